The van der Waals surface area contributed by atoms with Gasteiger partial charge in [0.2, 0.25) is 0 Å². The monoisotopic (exact) mass is 275 g/mol. The zero-order valence-corrected chi connectivity index (χ0v) is 13.1. The molecule has 20 heavy (non-hydrogen) atoms. The molecule has 0 saturated heterocycles. The molecule has 1 aromatic heterocycles. The lowest BCUT2D eigenvalue weighted by molar-refractivity contribution is 0.235. The van der Waals surface area contributed by atoms with E-state index in [-0.39, 0.29) is 0 Å². The quantitative estimate of drug-likeness (QED) is 0.909. The first-order chi connectivity index (χ1) is 9.85. The van der Waals surface area contributed by atoms with Crippen LogP contribution in [0.1, 0.15) is 75.6 Å². The molecule has 1 aromatic rings. The molecule has 0 radical (unpaired) electrons. The van der Waals surface area contributed by atoms with E-state index in [0.717, 1.165) is 31.8 Å². The zero-order chi connectivity index (χ0) is 13.9. The topological polar surface area (TPSA) is 29.9 Å². The first-order valence-corrected chi connectivity index (χ1v) is 8.64. The summed E-state index contributed by atoms with van der Waals surface area (Å²) >= 11 is 0. The number of rotatable bonds is 4. The summed E-state index contributed by atoms with van der Waals surface area (Å²) in [6.45, 7) is 6.71. The van der Waals surface area contributed by atoms with Gasteiger partial charge in [0.05, 0.1) is 5.69 Å². The average Bonchev–Trinajstić information content (AvgIpc) is 2.88. The number of nitrogens with zero attached hydrogens (tertiary/aromatic N) is 2. The van der Waals surface area contributed by atoms with Gasteiger partial charge in [0.25, 0.3) is 0 Å². The molecule has 1 aliphatic carbocycles. The van der Waals surface area contributed by atoms with E-state index < -0.39 is 0 Å². The van der Waals surface area contributed by atoms with Crippen molar-refractivity contribution in [2.75, 3.05) is 6.54 Å². The lowest BCUT2D eigenvalue weighted by atomic mass is 9.82. The van der Waals surface area contributed by atoms with E-state index in [4.69, 9.17) is 4.98 Å². The predicted octanol–water partition coefficient (Wildman–Crippen LogP) is 3.62. The van der Waals surface area contributed by atoms with E-state index in [1.807, 2.05) is 0 Å². The van der Waals surface area contributed by atoms with Gasteiger partial charge in [-0.2, -0.15) is 0 Å². The van der Waals surface area contributed by atoms with Crippen molar-refractivity contribution in [2.45, 2.75) is 77.8 Å². The highest BCUT2D eigenvalue weighted by Gasteiger charge is 2.29. The highest BCUT2D eigenvalue weighted by molar-refractivity contribution is 5.21. The molecular weight excluding hydrogens is 246 g/mol. The van der Waals surface area contributed by atoms with Crippen molar-refractivity contribution < 1.29 is 0 Å². The van der Waals surface area contributed by atoms with Crippen molar-refractivity contribution in [3.8, 4) is 0 Å². The van der Waals surface area contributed by atoms with E-state index in [9.17, 15) is 0 Å². The molecule has 1 saturated carbocycles. The van der Waals surface area contributed by atoms with Crippen LogP contribution < -0.4 is 5.32 Å². The second-order valence-electron chi connectivity index (χ2n) is 6.45. The van der Waals surface area contributed by atoms with Gasteiger partial charge in [-0.15, -0.1) is 0 Å². The van der Waals surface area contributed by atoms with Crippen molar-refractivity contribution in [3.05, 3.63) is 17.2 Å². The number of imidazole rings is 1. The molecule has 1 aliphatic heterocycles. The van der Waals surface area contributed by atoms with E-state index in [1.165, 1.54) is 55.7 Å². The minimum Gasteiger partial charge on any atom is -0.328 e. The second kappa shape index (κ2) is 6.30. The van der Waals surface area contributed by atoms with E-state index >= 15 is 0 Å². The van der Waals surface area contributed by atoms with E-state index in [1.54, 1.807) is 0 Å². The maximum absolute atomic E-state index is 4.93. The molecule has 2 aliphatic rings. The second-order valence-corrected chi connectivity index (χ2v) is 6.45. The molecule has 0 bridgehead atoms. The summed E-state index contributed by atoms with van der Waals surface area (Å²) in [5.41, 5.74) is 2.86. The van der Waals surface area contributed by atoms with Crippen LogP contribution in [0, 0.1) is 5.92 Å². The van der Waals surface area contributed by atoms with Gasteiger partial charge in [-0.05, 0) is 25.2 Å². The summed E-state index contributed by atoms with van der Waals surface area (Å²) in [5, 5.41) is 3.47. The third kappa shape index (κ3) is 2.52. The fourth-order valence-corrected chi connectivity index (χ4v) is 4.28. The Hall–Kier alpha value is -0.830. The molecule has 1 N–H and O–H groups in total. The number of hydrogen-bond donors (Lipinski definition) is 1. The molecule has 3 heteroatoms. The molecule has 1 unspecified atom stereocenters. The Balaban J connectivity index is 1.95. The first-order valence-electron chi connectivity index (χ1n) is 8.64. The molecule has 0 aromatic carbocycles. The third-order valence-corrected chi connectivity index (χ3v) is 5.26. The van der Waals surface area contributed by atoms with Gasteiger partial charge >= 0.3 is 0 Å². The number of aryl methyl sites for hydroxylation is 1. The Kier molecular flexibility index (Phi) is 4.45. The van der Waals surface area contributed by atoms with Gasteiger partial charge < -0.3 is 9.88 Å². The largest absolute Gasteiger partial charge is 0.328 e. The molecule has 2 heterocycles. The standard InChI is InChI=1S/C17H29N3/c1-3-15(13-8-6-5-7-9-13)20-16-10-11-18-12-14(16)19-17(20)4-2/h13,15,18H,3-12H2,1-2H3. The van der Waals surface area contributed by atoms with Crippen molar-refractivity contribution in [2.24, 2.45) is 5.92 Å². The lowest BCUT2D eigenvalue weighted by Crippen LogP contribution is -2.29. The van der Waals surface area contributed by atoms with Crippen LogP contribution in [0.2, 0.25) is 0 Å². The van der Waals surface area contributed by atoms with Gasteiger partial charge in [-0.25, -0.2) is 4.98 Å². The lowest BCUT2D eigenvalue weighted by Gasteiger charge is -2.33. The van der Waals surface area contributed by atoms with Crippen LogP contribution in [-0.2, 0) is 19.4 Å². The number of nitrogens with one attached hydrogen (secondary N) is 1. The summed E-state index contributed by atoms with van der Waals surface area (Å²) in [4.78, 5) is 4.93. The molecule has 112 valence electrons. The average molecular weight is 275 g/mol. The maximum atomic E-state index is 4.93. The summed E-state index contributed by atoms with van der Waals surface area (Å²) < 4.78 is 2.66. The van der Waals surface area contributed by atoms with Gasteiger partial charge in [-0.3, -0.25) is 0 Å². The highest BCUT2D eigenvalue weighted by Crippen LogP contribution is 2.37. The fourth-order valence-electron chi connectivity index (χ4n) is 4.28. The fraction of sp³-hybridized carbons (Fsp3) is 0.824. The SMILES string of the molecule is CCc1nc2c(n1C(CC)C1CCCCC1)CCNC2. The van der Waals surface area contributed by atoms with Crippen LogP contribution in [0.15, 0.2) is 0 Å². The van der Waals surface area contributed by atoms with Gasteiger partial charge in [0.1, 0.15) is 5.82 Å². The van der Waals surface area contributed by atoms with E-state index in [0.29, 0.717) is 6.04 Å². The molecule has 0 amide bonds. The molecule has 0 spiro atoms. The van der Waals surface area contributed by atoms with Gasteiger partial charge in [0.15, 0.2) is 0 Å². The Morgan fingerprint density at radius 2 is 2.05 bits per heavy atom. The molecule has 1 fully saturated rings. The van der Waals surface area contributed by atoms with Gasteiger partial charge in [-0.1, -0.05) is 33.1 Å². The van der Waals surface area contributed by atoms with Crippen molar-refractivity contribution >= 4 is 0 Å². The Morgan fingerprint density at radius 3 is 2.75 bits per heavy atom. The van der Waals surface area contributed by atoms with Crippen molar-refractivity contribution in [1.82, 2.24) is 14.9 Å². The molecule has 3 rings (SSSR count). The smallest absolute Gasteiger partial charge is 0.109 e. The van der Waals surface area contributed by atoms with Crippen molar-refractivity contribution in [1.29, 1.82) is 0 Å². The Morgan fingerprint density at radius 1 is 1.25 bits per heavy atom. The number of aromatic nitrogens is 2. The normalized spacial score (nSPS) is 21.7. The Bertz CT molecular complexity index is 443. The first kappa shape index (κ1) is 14.1. The zero-order valence-electron chi connectivity index (χ0n) is 13.1. The van der Waals surface area contributed by atoms with Crippen LogP contribution in [-0.4, -0.2) is 16.1 Å². The summed E-state index contributed by atoms with van der Waals surface area (Å²) in [7, 11) is 0. The van der Waals surface area contributed by atoms with Crippen molar-refractivity contribution in [3.63, 3.8) is 0 Å². The summed E-state index contributed by atoms with van der Waals surface area (Å²) in [6, 6.07) is 0.694. The van der Waals surface area contributed by atoms with Crippen LogP contribution in [0.4, 0.5) is 0 Å². The van der Waals surface area contributed by atoms with Crippen LogP contribution in [0.25, 0.3) is 0 Å². The van der Waals surface area contributed by atoms with Crippen LogP contribution in [0.5, 0.6) is 0 Å². The summed E-state index contributed by atoms with van der Waals surface area (Å²) in [6.07, 6.45) is 10.6. The molecule has 1 atom stereocenters. The summed E-state index contributed by atoms with van der Waals surface area (Å²) in [5.74, 6) is 2.21. The molecular formula is C17H29N3. The minimum absolute atomic E-state index is 0.694. The third-order valence-electron chi connectivity index (χ3n) is 5.26. The minimum atomic E-state index is 0.694. The van der Waals surface area contributed by atoms with Crippen LogP contribution in [0.3, 0.4) is 0 Å². The Labute approximate surface area is 123 Å². The van der Waals surface area contributed by atoms with E-state index in [2.05, 4.69) is 23.7 Å². The van der Waals surface area contributed by atoms with Gasteiger partial charge in [0, 0.05) is 37.7 Å². The highest BCUT2D eigenvalue weighted by atomic mass is 15.1. The number of fused-ring (bicyclic) bond motifs is 1. The van der Waals surface area contributed by atoms with Crippen LogP contribution >= 0.6 is 0 Å². The predicted molar refractivity (Wildman–Crippen MR) is 82.9 cm³/mol. The number of hydrogen-bond acceptors (Lipinski definition) is 2. The maximum Gasteiger partial charge on any atom is 0.109 e. The molecule has 3 nitrogen and oxygen atoms in total.